The first kappa shape index (κ1) is 27.6. The van der Waals surface area contributed by atoms with Crippen LogP contribution in [0.2, 0.25) is 0 Å². The lowest BCUT2D eigenvalue weighted by molar-refractivity contribution is 0.0688. The van der Waals surface area contributed by atoms with Gasteiger partial charge in [-0.05, 0) is 74.1 Å². The number of anilines is 2. The molecule has 0 spiro atoms. The molecule has 2 aliphatic rings. The summed E-state index contributed by atoms with van der Waals surface area (Å²) in [7, 11) is 0. The number of rotatable bonds is 5. The molecule has 0 radical (unpaired) electrons. The zero-order valence-corrected chi connectivity index (χ0v) is 23.6. The van der Waals surface area contributed by atoms with Crippen LogP contribution in [0.3, 0.4) is 0 Å². The van der Waals surface area contributed by atoms with Gasteiger partial charge in [-0.15, -0.1) is 5.10 Å². The topological polar surface area (TPSA) is 107 Å². The molecule has 4 aromatic rings. The summed E-state index contributed by atoms with van der Waals surface area (Å²) in [5.41, 5.74) is 3.65. The first-order chi connectivity index (χ1) is 20.4. The molecule has 42 heavy (non-hydrogen) atoms. The van der Waals surface area contributed by atoms with Gasteiger partial charge in [0.1, 0.15) is 11.6 Å². The van der Waals surface area contributed by atoms with Crippen LogP contribution < -0.4 is 9.80 Å². The Kier molecular flexibility index (Phi) is 7.73. The molecule has 6 rings (SSSR count). The summed E-state index contributed by atoms with van der Waals surface area (Å²) in [4.78, 5) is 39.9. The van der Waals surface area contributed by atoms with Gasteiger partial charge in [0, 0.05) is 45.2 Å². The molecular weight excluding hydrogens is 537 g/mol. The Morgan fingerprint density at radius 1 is 0.929 bits per heavy atom. The van der Waals surface area contributed by atoms with Crippen LogP contribution in [0.5, 0.6) is 0 Å². The predicted molar refractivity (Wildman–Crippen MR) is 157 cm³/mol. The predicted octanol–water partition coefficient (Wildman–Crippen LogP) is 4.40. The monoisotopic (exact) mass is 571 g/mol. The zero-order chi connectivity index (χ0) is 29.2. The number of nitrogens with zero attached hydrogens (tertiary/aromatic N) is 7. The molecule has 3 aromatic heterocycles. The lowest BCUT2D eigenvalue weighted by Crippen LogP contribution is -2.40. The second kappa shape index (κ2) is 11.8. The van der Waals surface area contributed by atoms with Crippen molar-refractivity contribution in [2.45, 2.75) is 38.5 Å². The van der Waals surface area contributed by atoms with Crippen molar-refractivity contribution in [3.05, 3.63) is 83.2 Å². The maximum absolute atomic E-state index is 13.9. The molecule has 11 heteroatoms. The minimum atomic E-state index is -1.05. The van der Waals surface area contributed by atoms with Crippen LogP contribution in [-0.4, -0.2) is 80.7 Å². The smallest absolute Gasteiger partial charge is 0.354 e. The van der Waals surface area contributed by atoms with E-state index in [2.05, 4.69) is 30.9 Å². The number of fused-ring (bicyclic) bond motifs is 1. The number of halogens is 1. The van der Waals surface area contributed by atoms with E-state index in [1.165, 1.54) is 12.1 Å². The zero-order valence-electron chi connectivity index (χ0n) is 23.6. The highest BCUT2D eigenvalue weighted by Crippen LogP contribution is 2.31. The van der Waals surface area contributed by atoms with E-state index in [0.29, 0.717) is 50.5 Å². The Labute approximate surface area is 243 Å². The normalized spacial score (nSPS) is 18.1. The summed E-state index contributed by atoms with van der Waals surface area (Å²) in [6.45, 7) is 6.08. The van der Waals surface area contributed by atoms with Gasteiger partial charge >= 0.3 is 5.97 Å². The fraction of sp³-hybridized carbons (Fsp3) is 0.387. The molecule has 10 nitrogen and oxygen atoms in total. The highest BCUT2D eigenvalue weighted by molar-refractivity contribution is 5.91. The minimum absolute atomic E-state index is 0.0226. The first-order valence-corrected chi connectivity index (χ1v) is 14.5. The number of carboxylic acid groups (broad SMARTS) is 1. The van der Waals surface area contributed by atoms with E-state index in [0.717, 1.165) is 42.7 Å². The summed E-state index contributed by atoms with van der Waals surface area (Å²) in [5.74, 6) is -0.381. The molecule has 2 aliphatic heterocycles. The molecule has 2 saturated heterocycles. The second-order valence-electron chi connectivity index (χ2n) is 11.1. The van der Waals surface area contributed by atoms with Crippen molar-refractivity contribution in [3.63, 3.8) is 0 Å². The van der Waals surface area contributed by atoms with Crippen LogP contribution in [0.1, 0.15) is 63.8 Å². The Hall–Kier alpha value is -4.54. The van der Waals surface area contributed by atoms with Gasteiger partial charge in [-0.25, -0.2) is 23.7 Å². The molecule has 1 atom stereocenters. The molecule has 218 valence electrons. The van der Waals surface area contributed by atoms with Crippen molar-refractivity contribution < 1.29 is 19.1 Å². The highest BCUT2D eigenvalue weighted by atomic mass is 19.1. The number of carbonyl (C=O) groups excluding carboxylic acids is 1. The number of pyridine rings is 2. The van der Waals surface area contributed by atoms with Crippen molar-refractivity contribution in [1.82, 2.24) is 24.5 Å². The Morgan fingerprint density at radius 3 is 2.45 bits per heavy atom. The number of hydrogen-bond donors (Lipinski definition) is 1. The number of amides is 1. The van der Waals surface area contributed by atoms with Gasteiger partial charge in [0.05, 0.1) is 11.9 Å². The highest BCUT2D eigenvalue weighted by Gasteiger charge is 2.26. The van der Waals surface area contributed by atoms with Gasteiger partial charge in [-0.2, -0.15) is 0 Å². The number of carboxylic acids is 1. The van der Waals surface area contributed by atoms with Crippen LogP contribution >= 0.6 is 0 Å². The molecule has 1 amide bonds. The van der Waals surface area contributed by atoms with Crippen molar-refractivity contribution >= 4 is 29.0 Å². The summed E-state index contributed by atoms with van der Waals surface area (Å²) >= 11 is 0. The number of benzene rings is 1. The lowest BCUT2D eigenvalue weighted by atomic mass is 9.90. The number of carbonyl (C=O) groups is 2. The molecule has 5 heterocycles. The number of piperidine rings is 1. The average molecular weight is 572 g/mol. The second-order valence-corrected chi connectivity index (χ2v) is 11.1. The van der Waals surface area contributed by atoms with E-state index in [4.69, 9.17) is 0 Å². The van der Waals surface area contributed by atoms with E-state index in [1.807, 2.05) is 25.3 Å². The Bertz CT molecular complexity index is 1610. The van der Waals surface area contributed by atoms with Crippen LogP contribution in [0, 0.1) is 12.7 Å². The standard InChI is InChI=1S/C31H34FN7O3/c1-21-17-25(38-12-4-8-23(19-38)22-7-2-9-24(32)18-22)20-39-29(21)34-28(35-39)30(40)37-15-5-13-36(14-6-16-37)27-11-3-10-26(33-27)31(41)42/h2-3,7,9-11,17-18,20,23H,4-6,8,12-16,19H2,1H3,(H,41,42). The van der Waals surface area contributed by atoms with Crippen LogP contribution in [0.25, 0.3) is 5.65 Å². The van der Waals surface area contributed by atoms with Gasteiger partial charge in [0.15, 0.2) is 11.3 Å². The van der Waals surface area contributed by atoms with Gasteiger partial charge in [0.25, 0.3) is 5.91 Å². The van der Waals surface area contributed by atoms with Gasteiger partial charge < -0.3 is 19.8 Å². The molecule has 0 saturated carbocycles. The third-order valence-corrected chi connectivity index (χ3v) is 8.18. The first-order valence-electron chi connectivity index (χ1n) is 14.5. The molecule has 0 aliphatic carbocycles. The Balaban J connectivity index is 1.14. The quantitative estimate of drug-likeness (QED) is 0.376. The number of aryl methyl sites for hydroxylation is 1. The van der Waals surface area contributed by atoms with Crippen molar-refractivity contribution in [3.8, 4) is 0 Å². The van der Waals surface area contributed by atoms with Gasteiger partial charge in [-0.1, -0.05) is 18.2 Å². The fourth-order valence-corrected chi connectivity index (χ4v) is 6.06. The molecule has 2 fully saturated rings. The Morgan fingerprint density at radius 2 is 1.69 bits per heavy atom. The van der Waals surface area contributed by atoms with E-state index in [9.17, 15) is 19.1 Å². The van der Waals surface area contributed by atoms with Crippen molar-refractivity contribution in [2.75, 3.05) is 49.1 Å². The minimum Gasteiger partial charge on any atom is -0.477 e. The summed E-state index contributed by atoms with van der Waals surface area (Å²) < 4.78 is 15.6. The maximum Gasteiger partial charge on any atom is 0.354 e. The largest absolute Gasteiger partial charge is 0.477 e. The van der Waals surface area contributed by atoms with Crippen molar-refractivity contribution in [1.29, 1.82) is 0 Å². The van der Waals surface area contributed by atoms with E-state index in [-0.39, 0.29) is 29.2 Å². The molecule has 0 bridgehead atoms. The lowest BCUT2D eigenvalue weighted by Gasteiger charge is -2.34. The SMILES string of the molecule is Cc1cc(N2CCCC(c3cccc(F)c3)C2)cn2nc(C(=O)N3CCCN(c4cccc(C(=O)O)n4)CCC3)nc12. The molecule has 1 unspecified atom stereocenters. The summed E-state index contributed by atoms with van der Waals surface area (Å²) in [6, 6.07) is 14.0. The average Bonchev–Trinajstić information content (AvgIpc) is 3.42. The van der Waals surface area contributed by atoms with E-state index in [1.54, 1.807) is 27.6 Å². The molecular formula is C31H34FN7O3. The number of hydrogen-bond acceptors (Lipinski definition) is 7. The maximum atomic E-state index is 13.9. The van der Waals surface area contributed by atoms with Gasteiger partial charge in [0.2, 0.25) is 5.82 Å². The summed E-state index contributed by atoms with van der Waals surface area (Å²) in [5, 5.41) is 13.9. The van der Waals surface area contributed by atoms with E-state index >= 15 is 0 Å². The third-order valence-electron chi connectivity index (χ3n) is 8.18. The number of aromatic carboxylic acids is 1. The molecule has 1 N–H and O–H groups in total. The summed E-state index contributed by atoms with van der Waals surface area (Å²) in [6.07, 6.45) is 5.38. The van der Waals surface area contributed by atoms with Crippen molar-refractivity contribution in [2.24, 2.45) is 0 Å². The number of aromatic nitrogens is 4. The van der Waals surface area contributed by atoms with Crippen LogP contribution in [0.15, 0.2) is 54.7 Å². The van der Waals surface area contributed by atoms with Gasteiger partial charge in [-0.3, -0.25) is 4.79 Å². The van der Waals surface area contributed by atoms with E-state index < -0.39 is 5.97 Å². The fourth-order valence-electron chi connectivity index (χ4n) is 6.06. The van der Waals surface area contributed by atoms with Crippen LogP contribution in [-0.2, 0) is 0 Å². The molecule has 1 aromatic carbocycles. The van der Waals surface area contributed by atoms with Crippen LogP contribution in [0.4, 0.5) is 15.9 Å². The third kappa shape index (κ3) is 5.77.